The van der Waals surface area contributed by atoms with Gasteiger partial charge in [0.2, 0.25) is 0 Å². The van der Waals surface area contributed by atoms with Crippen LogP contribution in [0, 0.1) is 0 Å². The minimum Gasteiger partial charge on any atom is -0.494 e. The fraction of sp³-hybridized carbons (Fsp3) is 0.278. The van der Waals surface area contributed by atoms with Crippen molar-refractivity contribution in [2.24, 2.45) is 0 Å². The lowest BCUT2D eigenvalue weighted by Crippen LogP contribution is -2.38. The van der Waals surface area contributed by atoms with Gasteiger partial charge in [0.05, 0.1) is 6.61 Å². The molecule has 1 heterocycles. The Morgan fingerprint density at radius 1 is 1.12 bits per heavy atom. The third kappa shape index (κ3) is 5.08. The Bertz CT molecular complexity index is 672. The second-order valence-corrected chi connectivity index (χ2v) is 5.24. The van der Waals surface area contributed by atoms with E-state index in [0.717, 1.165) is 11.3 Å². The van der Waals surface area contributed by atoms with E-state index in [1.165, 1.54) is 4.90 Å². The molecular formula is C18H21N3O3. The van der Waals surface area contributed by atoms with Gasteiger partial charge in [-0.05, 0) is 55.3 Å². The molecular weight excluding hydrogens is 306 g/mol. The Morgan fingerprint density at radius 2 is 1.79 bits per heavy atom. The van der Waals surface area contributed by atoms with Crippen molar-refractivity contribution in [1.82, 2.24) is 9.88 Å². The predicted molar refractivity (Wildman–Crippen MR) is 91.8 cm³/mol. The van der Waals surface area contributed by atoms with Gasteiger partial charge in [-0.2, -0.15) is 0 Å². The molecule has 1 aromatic heterocycles. The van der Waals surface area contributed by atoms with Crippen molar-refractivity contribution < 1.29 is 14.3 Å². The summed E-state index contributed by atoms with van der Waals surface area (Å²) in [7, 11) is 1.61. The molecule has 1 aromatic carbocycles. The number of benzene rings is 1. The molecule has 2 rings (SSSR count). The highest BCUT2D eigenvalue weighted by atomic mass is 16.5. The third-order valence-electron chi connectivity index (χ3n) is 3.45. The molecule has 0 saturated carbocycles. The standard InChI is InChI=1S/C18H21N3O3/c1-3-24-16-6-4-15(5-7-16)20-17(22)18(23)21(2)13-10-14-8-11-19-12-9-14/h4-9,11-12H,3,10,13H2,1-2H3,(H,20,22). The highest BCUT2D eigenvalue weighted by Gasteiger charge is 2.18. The molecule has 0 aliphatic carbocycles. The number of hydrogen-bond acceptors (Lipinski definition) is 4. The molecule has 0 aliphatic rings. The van der Waals surface area contributed by atoms with Crippen LogP contribution < -0.4 is 10.1 Å². The SMILES string of the molecule is CCOc1ccc(NC(=O)C(=O)N(C)CCc2ccncc2)cc1. The van der Waals surface area contributed by atoms with Crippen LogP contribution in [-0.4, -0.2) is 41.9 Å². The van der Waals surface area contributed by atoms with Gasteiger partial charge < -0.3 is 15.0 Å². The average molecular weight is 327 g/mol. The molecule has 126 valence electrons. The van der Waals surface area contributed by atoms with Crippen molar-refractivity contribution in [3.05, 3.63) is 54.4 Å². The number of ether oxygens (including phenoxy) is 1. The Balaban J connectivity index is 1.85. The van der Waals surface area contributed by atoms with Gasteiger partial charge in [-0.1, -0.05) is 0 Å². The molecule has 0 atom stereocenters. The van der Waals surface area contributed by atoms with Crippen molar-refractivity contribution in [2.75, 3.05) is 25.5 Å². The van der Waals surface area contributed by atoms with Crippen molar-refractivity contribution >= 4 is 17.5 Å². The summed E-state index contributed by atoms with van der Waals surface area (Å²) in [4.78, 5) is 29.5. The minimum atomic E-state index is -0.656. The van der Waals surface area contributed by atoms with Crippen LogP contribution in [-0.2, 0) is 16.0 Å². The van der Waals surface area contributed by atoms with Crippen LogP contribution in [0.3, 0.4) is 0 Å². The van der Waals surface area contributed by atoms with Gasteiger partial charge in [-0.3, -0.25) is 14.6 Å². The quantitative estimate of drug-likeness (QED) is 0.825. The Labute approximate surface area is 141 Å². The lowest BCUT2D eigenvalue weighted by Gasteiger charge is -2.16. The molecule has 2 aromatic rings. The highest BCUT2D eigenvalue weighted by molar-refractivity contribution is 6.39. The van der Waals surface area contributed by atoms with Gasteiger partial charge in [0.15, 0.2) is 0 Å². The smallest absolute Gasteiger partial charge is 0.313 e. The molecule has 0 spiro atoms. The maximum Gasteiger partial charge on any atom is 0.313 e. The number of amides is 2. The first-order valence-corrected chi connectivity index (χ1v) is 7.78. The molecule has 1 N–H and O–H groups in total. The fourth-order valence-electron chi connectivity index (χ4n) is 2.11. The lowest BCUT2D eigenvalue weighted by molar-refractivity contribution is -0.142. The number of anilines is 1. The molecule has 6 nitrogen and oxygen atoms in total. The summed E-state index contributed by atoms with van der Waals surface area (Å²) < 4.78 is 5.33. The molecule has 0 bridgehead atoms. The Morgan fingerprint density at radius 3 is 2.42 bits per heavy atom. The Kier molecular flexibility index (Phi) is 6.31. The third-order valence-corrected chi connectivity index (χ3v) is 3.45. The first-order valence-electron chi connectivity index (χ1n) is 7.78. The first-order chi connectivity index (χ1) is 11.6. The van der Waals surface area contributed by atoms with Crippen LogP contribution in [0.25, 0.3) is 0 Å². The van der Waals surface area contributed by atoms with Crippen molar-refractivity contribution in [2.45, 2.75) is 13.3 Å². The molecule has 0 unspecified atom stereocenters. The molecule has 24 heavy (non-hydrogen) atoms. The molecule has 0 fully saturated rings. The van der Waals surface area contributed by atoms with Crippen LogP contribution in [0.5, 0.6) is 5.75 Å². The van der Waals surface area contributed by atoms with Crippen LogP contribution >= 0.6 is 0 Å². The number of likely N-dealkylation sites (N-methyl/N-ethyl adjacent to an activating group) is 1. The summed E-state index contributed by atoms with van der Waals surface area (Å²) in [5, 5.41) is 2.59. The van der Waals surface area contributed by atoms with E-state index in [4.69, 9.17) is 4.74 Å². The van der Waals surface area contributed by atoms with E-state index in [-0.39, 0.29) is 0 Å². The normalized spacial score (nSPS) is 10.1. The van der Waals surface area contributed by atoms with E-state index < -0.39 is 11.8 Å². The molecule has 6 heteroatoms. The zero-order valence-corrected chi connectivity index (χ0v) is 13.9. The highest BCUT2D eigenvalue weighted by Crippen LogP contribution is 2.15. The first kappa shape index (κ1) is 17.5. The van der Waals surface area contributed by atoms with Crippen LogP contribution in [0.1, 0.15) is 12.5 Å². The number of nitrogens with zero attached hydrogens (tertiary/aromatic N) is 2. The summed E-state index contributed by atoms with van der Waals surface area (Å²) in [5.41, 5.74) is 1.62. The average Bonchev–Trinajstić information content (AvgIpc) is 2.61. The molecule has 0 radical (unpaired) electrons. The van der Waals surface area contributed by atoms with Crippen molar-refractivity contribution in [1.29, 1.82) is 0 Å². The number of carbonyl (C=O) groups is 2. The Hall–Kier alpha value is -2.89. The van der Waals surface area contributed by atoms with Crippen LogP contribution in [0.15, 0.2) is 48.8 Å². The summed E-state index contributed by atoms with van der Waals surface area (Å²) >= 11 is 0. The van der Waals surface area contributed by atoms with E-state index in [0.29, 0.717) is 25.3 Å². The summed E-state index contributed by atoms with van der Waals surface area (Å²) in [6, 6.07) is 10.7. The maximum absolute atomic E-state index is 12.1. The van der Waals surface area contributed by atoms with Gasteiger partial charge in [0, 0.05) is 31.7 Å². The zero-order chi connectivity index (χ0) is 17.4. The number of rotatable bonds is 6. The largest absolute Gasteiger partial charge is 0.494 e. The lowest BCUT2D eigenvalue weighted by atomic mass is 10.2. The second kappa shape index (κ2) is 8.67. The van der Waals surface area contributed by atoms with E-state index in [2.05, 4.69) is 10.3 Å². The van der Waals surface area contributed by atoms with Gasteiger partial charge in [-0.15, -0.1) is 0 Å². The predicted octanol–water partition coefficient (Wildman–Crippen LogP) is 2.12. The number of hydrogen-bond donors (Lipinski definition) is 1. The molecule has 2 amide bonds. The van der Waals surface area contributed by atoms with E-state index in [1.54, 1.807) is 43.7 Å². The summed E-state index contributed by atoms with van der Waals surface area (Å²) in [6.45, 7) is 2.93. The topological polar surface area (TPSA) is 71.5 Å². The minimum absolute atomic E-state index is 0.458. The van der Waals surface area contributed by atoms with E-state index in [1.807, 2.05) is 19.1 Å². The number of pyridine rings is 1. The van der Waals surface area contributed by atoms with E-state index >= 15 is 0 Å². The van der Waals surface area contributed by atoms with Gasteiger partial charge >= 0.3 is 11.8 Å². The van der Waals surface area contributed by atoms with Crippen molar-refractivity contribution in [3.63, 3.8) is 0 Å². The van der Waals surface area contributed by atoms with Gasteiger partial charge in [0.1, 0.15) is 5.75 Å². The van der Waals surface area contributed by atoms with E-state index in [9.17, 15) is 9.59 Å². The van der Waals surface area contributed by atoms with Crippen LogP contribution in [0.2, 0.25) is 0 Å². The summed E-state index contributed by atoms with van der Waals surface area (Å²) in [5.74, 6) is -0.509. The van der Waals surface area contributed by atoms with Gasteiger partial charge in [-0.25, -0.2) is 0 Å². The maximum atomic E-state index is 12.1. The number of nitrogens with one attached hydrogen (secondary N) is 1. The monoisotopic (exact) mass is 327 g/mol. The summed E-state index contributed by atoms with van der Waals surface area (Å²) in [6.07, 6.45) is 4.08. The van der Waals surface area contributed by atoms with Gasteiger partial charge in [0.25, 0.3) is 0 Å². The second-order valence-electron chi connectivity index (χ2n) is 5.24. The number of carbonyl (C=O) groups excluding carboxylic acids is 2. The molecule has 0 saturated heterocycles. The zero-order valence-electron chi connectivity index (χ0n) is 13.9. The van der Waals surface area contributed by atoms with Crippen molar-refractivity contribution in [3.8, 4) is 5.75 Å². The van der Waals surface area contributed by atoms with Crippen LogP contribution in [0.4, 0.5) is 5.69 Å². The number of aromatic nitrogens is 1. The molecule has 0 aliphatic heterocycles. The fourth-order valence-corrected chi connectivity index (χ4v) is 2.11.